The molecule has 0 saturated heterocycles. The second-order valence-electron chi connectivity index (χ2n) is 13.4. The molecular weight excluding hydrogens is 669 g/mol. The van der Waals surface area contributed by atoms with E-state index < -0.39 is 20.0 Å². The van der Waals surface area contributed by atoms with Gasteiger partial charge in [-0.15, -0.1) is 0 Å². The first kappa shape index (κ1) is 43.0. The third-order valence-corrected chi connectivity index (χ3v) is 10.0. The Bertz CT molecular complexity index is 1350. The van der Waals surface area contributed by atoms with Crippen molar-refractivity contribution in [3.63, 3.8) is 0 Å². The largest absolute Gasteiger partial charge is 0.472 e. The van der Waals surface area contributed by atoms with Crippen LogP contribution in [0.3, 0.4) is 0 Å². The van der Waals surface area contributed by atoms with Crippen molar-refractivity contribution >= 4 is 19.2 Å². The van der Waals surface area contributed by atoms with Crippen molar-refractivity contribution in [1.29, 1.82) is 0 Å². The molecule has 0 aliphatic carbocycles. The summed E-state index contributed by atoms with van der Waals surface area (Å²) in [4.78, 5) is 19.4. The molecule has 1 unspecified atom stereocenters. The molecule has 3 atom stereocenters. The average molecular weight is 734 g/mol. The zero-order valence-corrected chi connectivity index (χ0v) is 31.8. The van der Waals surface area contributed by atoms with Gasteiger partial charge in [0.25, 0.3) is 0 Å². The van der Waals surface area contributed by atoms with E-state index in [0.29, 0.717) is 37.4 Å². The lowest BCUT2D eigenvalue weighted by molar-refractivity contribution is -0.0533. The van der Waals surface area contributed by atoms with Crippen LogP contribution in [0.5, 0.6) is 0 Å². The molecule has 0 fully saturated rings. The Morgan fingerprint density at radius 2 is 1.37 bits per heavy atom. The van der Waals surface area contributed by atoms with Gasteiger partial charge in [-0.2, -0.15) is 5.10 Å². The third kappa shape index (κ3) is 18.8. The molecule has 0 bridgehead atoms. The maximum absolute atomic E-state index is 12.8. The fourth-order valence-corrected chi connectivity index (χ4v) is 6.77. The van der Waals surface area contributed by atoms with Gasteiger partial charge >= 0.3 is 7.82 Å². The minimum atomic E-state index is -4.43. The number of ether oxygens (including phenoxy) is 2. The number of anilines is 1. The molecule has 51 heavy (non-hydrogen) atoms. The monoisotopic (exact) mass is 733 g/mol. The SMILES string of the molecule is CCCCCCCCCCCCCCCCCCOC[C@H](COP(=O)(O)OC[C@H](CCc1ccc2c(N)ncnn12)ON)OCc1ccccc1. The van der Waals surface area contributed by atoms with E-state index in [4.69, 9.17) is 35.0 Å². The fraction of sp³-hybridized carbons (Fsp3) is 0.684. The zero-order valence-electron chi connectivity index (χ0n) is 30.9. The Morgan fingerprint density at radius 3 is 1.98 bits per heavy atom. The molecule has 0 saturated carbocycles. The molecule has 3 rings (SSSR count). The first-order chi connectivity index (χ1) is 24.9. The van der Waals surface area contributed by atoms with Crippen LogP contribution < -0.4 is 11.6 Å². The van der Waals surface area contributed by atoms with Crippen molar-refractivity contribution in [3.8, 4) is 0 Å². The van der Waals surface area contributed by atoms with Crippen LogP contribution in [0, 0.1) is 0 Å². The number of nitrogen functional groups attached to an aromatic ring is 1. The minimum Gasteiger partial charge on any atom is -0.382 e. The standard InChI is InChI=1S/C38H64N5O7P/c1-2-3-4-5-6-7-8-9-10-11-12-13-14-15-16-20-27-46-29-36(47-28-33-21-18-17-19-22-33)31-49-51(44,45)48-30-35(50-40)25-23-34-24-26-37-38(39)41-32-42-43(34)37/h17-19,21-22,24,26,32,35-36H,2-16,20,23,25,27-31,40H2,1H3,(H,44,45)(H2,39,41,42)/t35-,36+/m0/s1. The number of aromatic nitrogens is 3. The van der Waals surface area contributed by atoms with Gasteiger partial charge in [0.1, 0.15) is 24.1 Å². The smallest absolute Gasteiger partial charge is 0.382 e. The van der Waals surface area contributed by atoms with E-state index >= 15 is 0 Å². The van der Waals surface area contributed by atoms with E-state index in [2.05, 4.69) is 17.0 Å². The molecule has 2 heterocycles. The Labute approximate surface area is 305 Å². The van der Waals surface area contributed by atoms with Crippen LogP contribution in [0.1, 0.15) is 127 Å². The number of hydrogen-bond acceptors (Lipinski definition) is 10. The lowest BCUT2D eigenvalue weighted by atomic mass is 10.0. The summed E-state index contributed by atoms with van der Waals surface area (Å²) in [6, 6.07) is 13.4. The predicted molar refractivity (Wildman–Crippen MR) is 202 cm³/mol. The van der Waals surface area contributed by atoms with E-state index in [9.17, 15) is 9.46 Å². The number of unbranched alkanes of at least 4 members (excludes halogenated alkanes) is 15. The Balaban J connectivity index is 1.28. The molecule has 2 aromatic heterocycles. The van der Waals surface area contributed by atoms with Crippen LogP contribution in [0.15, 0.2) is 48.8 Å². The minimum absolute atomic E-state index is 0.176. The van der Waals surface area contributed by atoms with E-state index in [1.807, 2.05) is 42.5 Å². The van der Waals surface area contributed by atoms with E-state index in [1.54, 1.807) is 4.52 Å². The second-order valence-corrected chi connectivity index (χ2v) is 14.9. The molecule has 5 N–H and O–H groups in total. The Morgan fingerprint density at radius 1 is 0.784 bits per heavy atom. The lowest BCUT2D eigenvalue weighted by Crippen LogP contribution is -2.27. The van der Waals surface area contributed by atoms with Crippen LogP contribution in [0.25, 0.3) is 5.52 Å². The molecule has 0 spiro atoms. The van der Waals surface area contributed by atoms with Gasteiger partial charge in [-0.1, -0.05) is 134 Å². The number of hydrogen-bond donors (Lipinski definition) is 3. The molecule has 1 aromatic carbocycles. The summed E-state index contributed by atoms with van der Waals surface area (Å²) < 4.78 is 37.0. The first-order valence-electron chi connectivity index (χ1n) is 19.2. The highest BCUT2D eigenvalue weighted by Gasteiger charge is 2.26. The normalized spacial score (nSPS) is 14.2. The molecule has 0 aliphatic heterocycles. The van der Waals surface area contributed by atoms with Gasteiger partial charge in [0.05, 0.1) is 26.4 Å². The van der Waals surface area contributed by atoms with Crippen LogP contribution in [-0.2, 0) is 41.0 Å². The maximum atomic E-state index is 12.8. The highest BCUT2D eigenvalue weighted by molar-refractivity contribution is 7.47. The molecule has 13 heteroatoms. The molecular formula is C38H64N5O7P. The third-order valence-electron chi connectivity index (χ3n) is 9.10. The van der Waals surface area contributed by atoms with Gasteiger partial charge < -0.3 is 20.1 Å². The first-order valence-corrected chi connectivity index (χ1v) is 20.7. The van der Waals surface area contributed by atoms with Gasteiger partial charge in [0, 0.05) is 12.3 Å². The molecule has 0 radical (unpaired) electrons. The van der Waals surface area contributed by atoms with Gasteiger partial charge in [-0.25, -0.2) is 20.0 Å². The summed E-state index contributed by atoms with van der Waals surface area (Å²) in [5.41, 5.74) is 8.45. The highest BCUT2D eigenvalue weighted by atomic mass is 31.2. The summed E-state index contributed by atoms with van der Waals surface area (Å²) in [6.07, 6.45) is 22.2. The van der Waals surface area contributed by atoms with Gasteiger partial charge in [0.15, 0.2) is 5.82 Å². The average Bonchev–Trinajstić information content (AvgIpc) is 3.56. The summed E-state index contributed by atoms with van der Waals surface area (Å²) >= 11 is 0. The van der Waals surface area contributed by atoms with Crippen molar-refractivity contribution in [2.75, 3.05) is 32.2 Å². The molecule has 0 aliphatic rings. The van der Waals surface area contributed by atoms with Crippen molar-refractivity contribution < 1.29 is 32.8 Å². The van der Waals surface area contributed by atoms with Crippen molar-refractivity contribution in [2.24, 2.45) is 5.90 Å². The van der Waals surface area contributed by atoms with Crippen molar-refractivity contribution in [1.82, 2.24) is 14.6 Å². The van der Waals surface area contributed by atoms with Crippen molar-refractivity contribution in [3.05, 3.63) is 60.0 Å². The van der Waals surface area contributed by atoms with Crippen LogP contribution in [0.2, 0.25) is 0 Å². The number of nitrogens with zero attached hydrogens (tertiary/aromatic N) is 3. The molecule has 12 nitrogen and oxygen atoms in total. The summed E-state index contributed by atoms with van der Waals surface area (Å²) in [5.74, 6) is 5.85. The molecule has 0 amide bonds. The topological polar surface area (TPSA) is 166 Å². The van der Waals surface area contributed by atoms with Crippen LogP contribution in [-0.4, -0.2) is 58.1 Å². The highest BCUT2D eigenvalue weighted by Crippen LogP contribution is 2.43. The van der Waals surface area contributed by atoms with Crippen LogP contribution >= 0.6 is 7.82 Å². The number of phosphoric acid groups is 1. The number of benzene rings is 1. The molecule has 288 valence electrons. The Hall–Kier alpha value is -2.41. The van der Waals surface area contributed by atoms with Crippen LogP contribution in [0.4, 0.5) is 5.82 Å². The number of rotatable bonds is 32. The summed E-state index contributed by atoms with van der Waals surface area (Å²) in [6.45, 7) is 3.01. The second kappa shape index (κ2) is 26.4. The lowest BCUT2D eigenvalue weighted by Gasteiger charge is -2.21. The van der Waals surface area contributed by atoms with E-state index in [1.165, 1.54) is 96.2 Å². The van der Waals surface area contributed by atoms with Gasteiger partial charge in [-0.3, -0.25) is 13.9 Å². The number of nitrogens with two attached hydrogens (primary N) is 2. The number of fused-ring (bicyclic) bond motifs is 1. The number of phosphoric ester groups is 1. The predicted octanol–water partition coefficient (Wildman–Crippen LogP) is 8.50. The van der Waals surface area contributed by atoms with E-state index in [-0.39, 0.29) is 19.8 Å². The summed E-state index contributed by atoms with van der Waals surface area (Å²) in [5, 5.41) is 4.23. The van der Waals surface area contributed by atoms with Crippen molar-refractivity contribution in [2.45, 2.75) is 141 Å². The fourth-order valence-electron chi connectivity index (χ4n) is 5.99. The van der Waals surface area contributed by atoms with Gasteiger partial charge in [0.2, 0.25) is 0 Å². The van der Waals surface area contributed by atoms with E-state index in [0.717, 1.165) is 24.1 Å². The maximum Gasteiger partial charge on any atom is 0.472 e. The van der Waals surface area contributed by atoms with Gasteiger partial charge in [-0.05, 0) is 37.0 Å². The summed E-state index contributed by atoms with van der Waals surface area (Å²) in [7, 11) is -4.43. The zero-order chi connectivity index (χ0) is 36.4. The number of aryl methyl sites for hydroxylation is 1. The molecule has 3 aromatic rings. The quantitative estimate of drug-likeness (QED) is 0.0320. The Kier molecular flexibility index (Phi) is 22.2.